The molecule has 0 bridgehead atoms. The minimum atomic E-state index is -0.708. The van der Waals surface area contributed by atoms with Crippen molar-refractivity contribution in [3.8, 4) is 0 Å². The largest absolute Gasteiger partial charge is 0.454 e. The third kappa shape index (κ3) is 3.67. The highest BCUT2D eigenvalue weighted by Gasteiger charge is 2.15. The molecule has 0 heterocycles. The minimum absolute atomic E-state index is 0.121. The van der Waals surface area contributed by atoms with Gasteiger partial charge in [-0.15, -0.1) is 0 Å². The average Bonchev–Trinajstić information content (AvgIpc) is 2.52. The summed E-state index contributed by atoms with van der Waals surface area (Å²) in [5.74, 6) is -1.17. The fourth-order valence-electron chi connectivity index (χ4n) is 1.69. The Labute approximate surface area is 130 Å². The molecule has 0 radical (unpaired) electrons. The van der Waals surface area contributed by atoms with Gasteiger partial charge < -0.3 is 4.74 Å². The Morgan fingerprint density at radius 1 is 1.09 bits per heavy atom. The molecule has 0 amide bonds. The predicted molar refractivity (Wildman–Crippen MR) is 79.2 cm³/mol. The van der Waals surface area contributed by atoms with Gasteiger partial charge in [-0.1, -0.05) is 23.7 Å². The van der Waals surface area contributed by atoms with Crippen LogP contribution in [-0.2, 0) is 4.74 Å². The van der Waals surface area contributed by atoms with Crippen molar-refractivity contribution < 1.29 is 19.2 Å². The molecule has 0 unspecified atom stereocenters. The van der Waals surface area contributed by atoms with Crippen molar-refractivity contribution >= 4 is 29.0 Å². The van der Waals surface area contributed by atoms with Crippen LogP contribution in [-0.4, -0.2) is 23.3 Å². The van der Waals surface area contributed by atoms with Gasteiger partial charge >= 0.3 is 5.97 Å². The molecule has 7 heteroatoms. The number of nitro benzene ring substituents is 1. The van der Waals surface area contributed by atoms with E-state index in [-0.39, 0.29) is 21.8 Å². The summed E-state index contributed by atoms with van der Waals surface area (Å²) in [6, 6.07) is 11.4. The number of nitro groups is 1. The third-order valence-electron chi connectivity index (χ3n) is 2.83. The lowest BCUT2D eigenvalue weighted by Gasteiger charge is -2.05. The first-order chi connectivity index (χ1) is 10.5. The number of halogens is 1. The van der Waals surface area contributed by atoms with E-state index < -0.39 is 23.3 Å². The van der Waals surface area contributed by atoms with Gasteiger partial charge in [0.15, 0.2) is 12.4 Å². The van der Waals surface area contributed by atoms with Gasteiger partial charge in [0.2, 0.25) is 0 Å². The van der Waals surface area contributed by atoms with E-state index in [1.165, 1.54) is 36.4 Å². The Hall–Kier alpha value is -2.73. The number of esters is 1. The smallest absolute Gasteiger partial charge is 0.340 e. The third-order valence-corrected chi connectivity index (χ3v) is 3.16. The molecule has 0 atom stereocenters. The number of rotatable bonds is 5. The van der Waals surface area contributed by atoms with Gasteiger partial charge in [-0.3, -0.25) is 14.9 Å². The molecule has 0 fully saturated rings. The molecule has 0 aliphatic rings. The molecule has 0 N–H and O–H groups in total. The van der Waals surface area contributed by atoms with Crippen molar-refractivity contribution in [2.75, 3.05) is 6.61 Å². The van der Waals surface area contributed by atoms with Crippen molar-refractivity contribution in [1.29, 1.82) is 0 Å². The van der Waals surface area contributed by atoms with Crippen LogP contribution in [0.15, 0.2) is 48.5 Å². The van der Waals surface area contributed by atoms with Crippen LogP contribution in [0.25, 0.3) is 0 Å². The van der Waals surface area contributed by atoms with E-state index in [2.05, 4.69) is 0 Å². The van der Waals surface area contributed by atoms with Gasteiger partial charge in [0, 0.05) is 17.7 Å². The van der Waals surface area contributed by atoms with Crippen molar-refractivity contribution in [3.63, 3.8) is 0 Å². The lowest BCUT2D eigenvalue weighted by atomic mass is 10.1. The van der Waals surface area contributed by atoms with Crippen LogP contribution < -0.4 is 0 Å². The molecule has 0 spiro atoms. The van der Waals surface area contributed by atoms with Crippen LogP contribution in [0, 0.1) is 10.1 Å². The minimum Gasteiger partial charge on any atom is -0.454 e. The van der Waals surface area contributed by atoms with Gasteiger partial charge in [0.05, 0.1) is 15.5 Å². The lowest BCUT2D eigenvalue weighted by Crippen LogP contribution is -2.14. The van der Waals surface area contributed by atoms with Gasteiger partial charge in [-0.05, 0) is 24.3 Å². The SMILES string of the molecule is O=C(COC(=O)c1ccccc1Cl)c1ccc([N+](=O)[O-])cc1. The second-order valence-electron chi connectivity index (χ2n) is 4.28. The number of hydrogen-bond donors (Lipinski definition) is 0. The summed E-state index contributed by atoms with van der Waals surface area (Å²) in [5.41, 5.74) is 0.267. The zero-order chi connectivity index (χ0) is 16.1. The number of nitrogens with zero attached hydrogens (tertiary/aromatic N) is 1. The van der Waals surface area contributed by atoms with Crippen molar-refractivity contribution in [2.45, 2.75) is 0 Å². The fourth-order valence-corrected chi connectivity index (χ4v) is 1.90. The maximum atomic E-state index is 11.9. The number of hydrogen-bond acceptors (Lipinski definition) is 5. The van der Waals surface area contributed by atoms with Crippen LogP contribution in [0.5, 0.6) is 0 Å². The molecule has 112 valence electrons. The highest BCUT2D eigenvalue weighted by atomic mass is 35.5. The molecule has 0 aliphatic heterocycles. The summed E-state index contributed by atoms with van der Waals surface area (Å²) < 4.78 is 4.90. The summed E-state index contributed by atoms with van der Waals surface area (Å²) in [7, 11) is 0. The first-order valence-corrected chi connectivity index (χ1v) is 6.56. The Morgan fingerprint density at radius 3 is 2.32 bits per heavy atom. The van der Waals surface area contributed by atoms with Crippen LogP contribution in [0.1, 0.15) is 20.7 Å². The predicted octanol–water partition coefficient (Wildman–Crippen LogP) is 3.29. The molecule has 2 aromatic carbocycles. The van der Waals surface area contributed by atoms with E-state index in [4.69, 9.17) is 16.3 Å². The number of carbonyl (C=O) groups is 2. The quantitative estimate of drug-likeness (QED) is 0.365. The zero-order valence-electron chi connectivity index (χ0n) is 11.2. The van der Waals surface area contributed by atoms with Crippen molar-refractivity contribution in [3.05, 3.63) is 74.8 Å². The molecule has 0 aromatic heterocycles. The number of ketones is 1. The normalized spacial score (nSPS) is 10.0. The van der Waals surface area contributed by atoms with Crippen LogP contribution >= 0.6 is 11.6 Å². The second kappa shape index (κ2) is 6.82. The molecule has 2 aromatic rings. The molecular formula is C15H10ClNO5. The first kappa shape index (κ1) is 15.7. The number of carbonyl (C=O) groups excluding carboxylic acids is 2. The Bertz CT molecular complexity index is 727. The van der Waals surface area contributed by atoms with Crippen molar-refractivity contribution in [1.82, 2.24) is 0 Å². The molecule has 0 aliphatic carbocycles. The maximum Gasteiger partial charge on any atom is 0.340 e. The van der Waals surface area contributed by atoms with Crippen LogP contribution in [0.4, 0.5) is 5.69 Å². The van der Waals surface area contributed by atoms with Crippen molar-refractivity contribution in [2.24, 2.45) is 0 Å². The van der Waals surface area contributed by atoms with Crippen LogP contribution in [0.3, 0.4) is 0 Å². The van der Waals surface area contributed by atoms with Gasteiger partial charge in [-0.25, -0.2) is 4.79 Å². The highest BCUT2D eigenvalue weighted by Crippen LogP contribution is 2.16. The summed E-state index contributed by atoms with van der Waals surface area (Å²) in [6.07, 6.45) is 0. The van der Waals surface area contributed by atoms with E-state index in [0.29, 0.717) is 0 Å². The summed E-state index contributed by atoms with van der Waals surface area (Å²) >= 11 is 5.85. The Kier molecular flexibility index (Phi) is 4.85. The standard InChI is InChI=1S/C15H10ClNO5/c16-13-4-2-1-3-12(13)15(19)22-9-14(18)10-5-7-11(8-6-10)17(20)21/h1-8H,9H2. The molecule has 0 saturated carbocycles. The molecule has 6 nitrogen and oxygen atoms in total. The number of ether oxygens (including phenoxy) is 1. The van der Waals surface area contributed by atoms with Crippen LogP contribution in [0.2, 0.25) is 5.02 Å². The van der Waals surface area contributed by atoms with E-state index in [1.807, 2.05) is 0 Å². The molecular weight excluding hydrogens is 310 g/mol. The number of Topliss-reactive ketones (excluding diaryl/α,β-unsaturated/α-hetero) is 1. The zero-order valence-corrected chi connectivity index (χ0v) is 11.9. The molecule has 0 saturated heterocycles. The van der Waals surface area contributed by atoms with E-state index in [9.17, 15) is 19.7 Å². The Balaban J connectivity index is 1.99. The highest BCUT2D eigenvalue weighted by molar-refractivity contribution is 6.33. The summed E-state index contributed by atoms with van der Waals surface area (Å²) in [4.78, 5) is 33.6. The average molecular weight is 320 g/mol. The number of benzene rings is 2. The van der Waals surface area contributed by atoms with Gasteiger partial charge in [0.25, 0.3) is 5.69 Å². The maximum absolute atomic E-state index is 11.9. The monoisotopic (exact) mass is 319 g/mol. The molecule has 2 rings (SSSR count). The van der Waals surface area contributed by atoms with E-state index in [1.54, 1.807) is 12.1 Å². The molecule has 22 heavy (non-hydrogen) atoms. The van der Waals surface area contributed by atoms with Gasteiger partial charge in [0.1, 0.15) is 0 Å². The van der Waals surface area contributed by atoms with E-state index in [0.717, 1.165) is 0 Å². The first-order valence-electron chi connectivity index (χ1n) is 6.18. The Morgan fingerprint density at radius 2 is 1.73 bits per heavy atom. The fraction of sp³-hybridized carbons (Fsp3) is 0.0667. The second-order valence-corrected chi connectivity index (χ2v) is 4.69. The topological polar surface area (TPSA) is 86.5 Å². The summed E-state index contributed by atoms with van der Waals surface area (Å²) in [6.45, 7) is -0.470. The lowest BCUT2D eigenvalue weighted by molar-refractivity contribution is -0.384. The van der Waals surface area contributed by atoms with Gasteiger partial charge in [-0.2, -0.15) is 0 Å². The summed E-state index contributed by atoms with van der Waals surface area (Å²) in [5, 5.41) is 10.8. The van der Waals surface area contributed by atoms with E-state index >= 15 is 0 Å². The number of non-ortho nitro benzene ring substituents is 1.